The lowest BCUT2D eigenvalue weighted by atomic mass is 9.79. The molecule has 0 unspecified atom stereocenters. The van der Waals surface area contributed by atoms with Gasteiger partial charge in [-0.05, 0) is 42.5 Å². The van der Waals surface area contributed by atoms with E-state index in [4.69, 9.17) is 15.2 Å². The summed E-state index contributed by atoms with van der Waals surface area (Å²) in [7, 11) is 1.71. The van der Waals surface area contributed by atoms with Crippen molar-refractivity contribution in [1.29, 1.82) is 0 Å². The van der Waals surface area contributed by atoms with E-state index in [1.54, 1.807) is 17.8 Å². The molecule has 0 aliphatic carbocycles. The van der Waals surface area contributed by atoms with E-state index in [0.29, 0.717) is 11.6 Å². The van der Waals surface area contributed by atoms with Gasteiger partial charge in [-0.2, -0.15) is 4.98 Å². The molecule has 5 rings (SSSR count). The monoisotopic (exact) mass is 366 g/mol. The number of hydrogen-bond donors (Lipinski definition) is 1. The Labute approximate surface area is 156 Å². The van der Waals surface area contributed by atoms with Gasteiger partial charge in [-0.25, -0.2) is 0 Å². The molecule has 8 heteroatoms. The van der Waals surface area contributed by atoms with Crippen LogP contribution in [0, 0.1) is 0 Å². The number of nitrogen functional groups attached to an aromatic ring is 1. The maximum atomic E-state index is 6.33. The molecule has 0 saturated carbocycles. The third-order valence-corrected chi connectivity index (χ3v) is 5.76. The molecule has 0 amide bonds. The summed E-state index contributed by atoms with van der Waals surface area (Å²) in [5, 5.41) is 7.99. The zero-order chi connectivity index (χ0) is 18.4. The number of nitrogens with zero attached hydrogens (tertiary/aromatic N) is 5. The highest BCUT2D eigenvalue weighted by molar-refractivity contribution is 5.55. The molecule has 140 valence electrons. The van der Waals surface area contributed by atoms with E-state index >= 15 is 0 Å². The number of hydrogen-bond acceptors (Lipinski definition) is 7. The minimum Gasteiger partial charge on any atom is -0.497 e. The molecule has 0 radical (unpaired) electrons. The van der Waals surface area contributed by atoms with Crippen molar-refractivity contribution < 1.29 is 9.47 Å². The predicted octanol–water partition coefficient (Wildman–Crippen LogP) is 1.78. The van der Waals surface area contributed by atoms with Crippen LogP contribution < -0.4 is 15.4 Å². The number of benzene rings is 1. The number of ether oxygens (including phenoxy) is 2. The van der Waals surface area contributed by atoms with Crippen molar-refractivity contribution >= 4 is 17.4 Å². The van der Waals surface area contributed by atoms with Crippen LogP contribution in [0.25, 0.3) is 5.65 Å². The van der Waals surface area contributed by atoms with Crippen LogP contribution in [0.5, 0.6) is 5.75 Å². The van der Waals surface area contributed by atoms with Gasteiger partial charge in [-0.15, -0.1) is 10.2 Å². The molecule has 27 heavy (non-hydrogen) atoms. The summed E-state index contributed by atoms with van der Waals surface area (Å²) in [6.45, 7) is 2.45. The summed E-state index contributed by atoms with van der Waals surface area (Å²) >= 11 is 0. The molecule has 2 aliphatic rings. The summed E-state index contributed by atoms with van der Waals surface area (Å²) in [6, 6.07) is 8.28. The quantitative estimate of drug-likeness (QED) is 0.739. The van der Waals surface area contributed by atoms with E-state index in [1.165, 1.54) is 11.1 Å². The van der Waals surface area contributed by atoms with E-state index in [0.717, 1.165) is 50.5 Å². The molecule has 2 aromatic heterocycles. The smallest absolute Gasteiger partial charge is 0.209 e. The number of rotatable bonds is 2. The second kappa shape index (κ2) is 6.09. The lowest BCUT2D eigenvalue weighted by Crippen LogP contribution is -2.47. The molecule has 3 aromatic rings. The highest BCUT2D eigenvalue weighted by Gasteiger charge is 2.41. The van der Waals surface area contributed by atoms with E-state index in [1.807, 2.05) is 12.1 Å². The molecule has 0 bridgehead atoms. The lowest BCUT2D eigenvalue weighted by molar-refractivity contribution is -0.0767. The standard InChI is InChI=1S/C19H22N6O2/c1-26-14-2-3-15-13(10-14)4-9-27-19(15)5-7-24(8-6-19)16-11-17-23-21-12-25(17)18(20)22-16/h2-3,10-12H,4-9H2,1H3,(H2,20,22). The normalized spacial score (nSPS) is 18.6. The first-order valence-corrected chi connectivity index (χ1v) is 9.21. The van der Waals surface area contributed by atoms with Gasteiger partial charge in [0.2, 0.25) is 5.95 Å². The van der Waals surface area contributed by atoms with Gasteiger partial charge in [0.05, 0.1) is 19.3 Å². The zero-order valence-corrected chi connectivity index (χ0v) is 15.3. The molecule has 8 nitrogen and oxygen atoms in total. The highest BCUT2D eigenvalue weighted by Crippen LogP contribution is 2.43. The maximum Gasteiger partial charge on any atom is 0.209 e. The van der Waals surface area contributed by atoms with Gasteiger partial charge in [0, 0.05) is 19.2 Å². The van der Waals surface area contributed by atoms with Crippen LogP contribution in [-0.2, 0) is 16.8 Å². The Hall–Kier alpha value is -2.87. The Morgan fingerprint density at radius 3 is 2.89 bits per heavy atom. The maximum absolute atomic E-state index is 6.33. The van der Waals surface area contributed by atoms with Gasteiger partial charge in [0.1, 0.15) is 17.9 Å². The molecule has 0 atom stereocenters. The average molecular weight is 366 g/mol. The minimum atomic E-state index is -0.221. The Morgan fingerprint density at radius 1 is 1.22 bits per heavy atom. The predicted molar refractivity (Wildman–Crippen MR) is 101 cm³/mol. The summed E-state index contributed by atoms with van der Waals surface area (Å²) in [5.41, 5.74) is 9.17. The first kappa shape index (κ1) is 16.3. The van der Waals surface area contributed by atoms with Crippen LogP contribution in [0.4, 0.5) is 11.8 Å². The topological polar surface area (TPSA) is 90.8 Å². The molecule has 1 saturated heterocycles. The Balaban J connectivity index is 1.41. The van der Waals surface area contributed by atoms with Crippen LogP contribution in [0.1, 0.15) is 24.0 Å². The minimum absolute atomic E-state index is 0.221. The molecule has 2 aliphatic heterocycles. The Bertz CT molecular complexity index is 993. The molecule has 2 N–H and O–H groups in total. The summed E-state index contributed by atoms with van der Waals surface area (Å²) in [5.74, 6) is 2.15. The number of methoxy groups -OCH3 is 1. The fraction of sp³-hybridized carbons (Fsp3) is 0.421. The third kappa shape index (κ3) is 2.59. The van der Waals surface area contributed by atoms with Crippen molar-refractivity contribution in [3.8, 4) is 5.75 Å². The fourth-order valence-corrected chi connectivity index (χ4v) is 4.29. The molecular formula is C19H22N6O2. The number of aromatic nitrogens is 4. The van der Waals surface area contributed by atoms with Crippen molar-refractivity contribution in [3.63, 3.8) is 0 Å². The van der Waals surface area contributed by atoms with Crippen LogP contribution >= 0.6 is 0 Å². The zero-order valence-electron chi connectivity index (χ0n) is 15.3. The largest absolute Gasteiger partial charge is 0.497 e. The fourth-order valence-electron chi connectivity index (χ4n) is 4.29. The first-order chi connectivity index (χ1) is 13.2. The van der Waals surface area contributed by atoms with Gasteiger partial charge in [-0.3, -0.25) is 4.40 Å². The van der Waals surface area contributed by atoms with Crippen molar-refractivity contribution in [1.82, 2.24) is 19.6 Å². The van der Waals surface area contributed by atoms with Crippen molar-refractivity contribution in [2.24, 2.45) is 0 Å². The van der Waals surface area contributed by atoms with E-state index in [9.17, 15) is 0 Å². The first-order valence-electron chi connectivity index (χ1n) is 9.21. The second-order valence-corrected chi connectivity index (χ2v) is 7.13. The molecule has 1 spiro atoms. The van der Waals surface area contributed by atoms with Gasteiger partial charge < -0.3 is 20.1 Å². The SMILES string of the molecule is COc1ccc2c(c1)CCOC21CCN(c2cc3nncn3c(N)n2)CC1. The van der Waals surface area contributed by atoms with E-state index < -0.39 is 0 Å². The summed E-state index contributed by atoms with van der Waals surface area (Å²) < 4.78 is 13.4. The highest BCUT2D eigenvalue weighted by atomic mass is 16.5. The molecule has 1 fully saturated rings. The Morgan fingerprint density at radius 2 is 2.07 bits per heavy atom. The van der Waals surface area contributed by atoms with Crippen LogP contribution in [-0.4, -0.2) is 46.4 Å². The van der Waals surface area contributed by atoms with Crippen molar-refractivity contribution in [2.45, 2.75) is 24.9 Å². The molecule has 4 heterocycles. The van der Waals surface area contributed by atoms with Crippen molar-refractivity contribution in [3.05, 3.63) is 41.7 Å². The van der Waals surface area contributed by atoms with Crippen LogP contribution in [0.3, 0.4) is 0 Å². The van der Waals surface area contributed by atoms with Gasteiger partial charge in [-0.1, -0.05) is 6.07 Å². The Kier molecular flexibility index (Phi) is 3.68. The van der Waals surface area contributed by atoms with Crippen LogP contribution in [0.2, 0.25) is 0 Å². The summed E-state index contributed by atoms with van der Waals surface area (Å²) in [4.78, 5) is 6.77. The van der Waals surface area contributed by atoms with Crippen molar-refractivity contribution in [2.75, 3.05) is 37.4 Å². The number of anilines is 2. The van der Waals surface area contributed by atoms with Gasteiger partial charge >= 0.3 is 0 Å². The average Bonchev–Trinajstić information content (AvgIpc) is 3.18. The number of nitrogens with two attached hydrogens (primary N) is 1. The lowest BCUT2D eigenvalue weighted by Gasteiger charge is -2.45. The van der Waals surface area contributed by atoms with E-state index in [2.05, 4.69) is 32.2 Å². The number of fused-ring (bicyclic) bond motifs is 3. The van der Waals surface area contributed by atoms with Gasteiger partial charge in [0.25, 0.3) is 0 Å². The number of piperidine rings is 1. The van der Waals surface area contributed by atoms with Gasteiger partial charge in [0.15, 0.2) is 5.65 Å². The summed E-state index contributed by atoms with van der Waals surface area (Å²) in [6.07, 6.45) is 4.32. The van der Waals surface area contributed by atoms with E-state index in [-0.39, 0.29) is 5.60 Å². The molecular weight excluding hydrogens is 344 g/mol. The molecule has 1 aromatic carbocycles. The third-order valence-electron chi connectivity index (χ3n) is 5.76. The second-order valence-electron chi connectivity index (χ2n) is 7.13. The van der Waals surface area contributed by atoms with Crippen LogP contribution in [0.15, 0.2) is 30.6 Å².